The number of nitrogens with zero attached hydrogens (tertiary/aromatic N) is 4. The maximum atomic E-state index is 12.7. The van der Waals surface area contributed by atoms with Crippen molar-refractivity contribution in [1.29, 1.82) is 0 Å². The highest BCUT2D eigenvalue weighted by Gasteiger charge is 2.23. The zero-order chi connectivity index (χ0) is 22.2. The molecule has 4 heterocycles. The van der Waals surface area contributed by atoms with Crippen LogP contribution in [0.4, 0.5) is 16.3 Å². The Balaban J connectivity index is 1.06. The van der Waals surface area contributed by atoms with Crippen LogP contribution in [0.25, 0.3) is 11.3 Å². The van der Waals surface area contributed by atoms with Gasteiger partial charge in [-0.05, 0) is 42.5 Å². The van der Waals surface area contributed by atoms with Crippen LogP contribution in [0.15, 0.2) is 48.5 Å². The number of aromatic nitrogens is 2. The van der Waals surface area contributed by atoms with Crippen molar-refractivity contribution in [2.45, 2.75) is 0 Å². The summed E-state index contributed by atoms with van der Waals surface area (Å²) in [4.78, 5) is 16.6. The van der Waals surface area contributed by atoms with Gasteiger partial charge in [0.2, 0.25) is 13.6 Å². The second-order valence-corrected chi connectivity index (χ2v) is 7.82. The van der Waals surface area contributed by atoms with Gasteiger partial charge in [0.15, 0.2) is 28.8 Å². The van der Waals surface area contributed by atoms with Gasteiger partial charge in [-0.3, -0.25) is 0 Å². The van der Waals surface area contributed by atoms with Crippen molar-refractivity contribution in [2.24, 2.45) is 0 Å². The van der Waals surface area contributed by atoms with E-state index in [4.69, 9.17) is 18.9 Å². The third kappa shape index (κ3) is 3.79. The molecule has 10 heteroatoms. The average Bonchev–Trinajstić information content (AvgIpc) is 3.53. The number of rotatable bonds is 3. The van der Waals surface area contributed by atoms with Gasteiger partial charge in [-0.25, -0.2) is 4.79 Å². The Morgan fingerprint density at radius 3 is 2.18 bits per heavy atom. The number of urea groups is 1. The predicted octanol–water partition coefficient (Wildman–Crippen LogP) is 2.96. The molecule has 10 nitrogen and oxygen atoms in total. The molecule has 1 N–H and O–H groups in total. The molecule has 2 aromatic carbocycles. The van der Waals surface area contributed by atoms with E-state index in [-0.39, 0.29) is 19.6 Å². The molecule has 0 radical (unpaired) electrons. The zero-order valence-electron chi connectivity index (χ0n) is 17.7. The zero-order valence-corrected chi connectivity index (χ0v) is 17.7. The molecule has 1 fully saturated rings. The summed E-state index contributed by atoms with van der Waals surface area (Å²) in [6.45, 7) is 2.96. The van der Waals surface area contributed by atoms with Crippen molar-refractivity contribution in [2.75, 3.05) is 50.0 Å². The number of carbonyl (C=O) groups is 1. The number of ether oxygens (including phenoxy) is 4. The highest BCUT2D eigenvalue weighted by Crippen LogP contribution is 2.36. The molecule has 2 amide bonds. The number of benzene rings is 2. The molecule has 0 saturated carbocycles. The Kier molecular flexibility index (Phi) is 4.75. The highest BCUT2D eigenvalue weighted by atomic mass is 16.7. The van der Waals surface area contributed by atoms with Gasteiger partial charge in [0.25, 0.3) is 0 Å². The number of carbonyl (C=O) groups excluding carboxylic acids is 1. The minimum Gasteiger partial charge on any atom is -0.454 e. The first-order chi connectivity index (χ1) is 16.2. The van der Waals surface area contributed by atoms with Crippen LogP contribution >= 0.6 is 0 Å². The van der Waals surface area contributed by atoms with Crippen molar-refractivity contribution in [3.8, 4) is 34.3 Å². The summed E-state index contributed by atoms with van der Waals surface area (Å²) in [5, 5.41) is 11.7. The first kappa shape index (κ1) is 19.5. The minimum atomic E-state index is -0.141. The summed E-state index contributed by atoms with van der Waals surface area (Å²) in [5.74, 6) is 3.57. The molecule has 0 aliphatic carbocycles. The molecular formula is C23H21N5O5. The van der Waals surface area contributed by atoms with Crippen LogP contribution in [0.2, 0.25) is 0 Å². The van der Waals surface area contributed by atoms with E-state index < -0.39 is 0 Å². The lowest BCUT2D eigenvalue weighted by Crippen LogP contribution is -2.50. The summed E-state index contributed by atoms with van der Waals surface area (Å²) in [6, 6.07) is 14.8. The number of hydrogen-bond acceptors (Lipinski definition) is 8. The topological polar surface area (TPSA) is 98.3 Å². The average molecular weight is 447 g/mol. The van der Waals surface area contributed by atoms with Crippen LogP contribution in [0.5, 0.6) is 23.0 Å². The fourth-order valence-electron chi connectivity index (χ4n) is 4.02. The van der Waals surface area contributed by atoms with Crippen LogP contribution in [0, 0.1) is 0 Å². The Morgan fingerprint density at radius 1 is 0.758 bits per heavy atom. The van der Waals surface area contributed by atoms with Gasteiger partial charge in [0.05, 0.1) is 5.69 Å². The van der Waals surface area contributed by atoms with Crippen LogP contribution in [0.3, 0.4) is 0 Å². The molecule has 0 spiro atoms. The Morgan fingerprint density at radius 2 is 1.45 bits per heavy atom. The van der Waals surface area contributed by atoms with Crippen LogP contribution < -0.4 is 29.2 Å². The molecule has 1 saturated heterocycles. The fourth-order valence-corrected chi connectivity index (χ4v) is 4.02. The van der Waals surface area contributed by atoms with Crippen molar-refractivity contribution in [3.05, 3.63) is 48.5 Å². The molecular weight excluding hydrogens is 426 g/mol. The van der Waals surface area contributed by atoms with Crippen molar-refractivity contribution >= 4 is 17.5 Å². The first-order valence-corrected chi connectivity index (χ1v) is 10.7. The predicted molar refractivity (Wildman–Crippen MR) is 119 cm³/mol. The van der Waals surface area contributed by atoms with Gasteiger partial charge in [-0.1, -0.05) is 0 Å². The molecule has 0 atom stereocenters. The normalized spacial score (nSPS) is 16.1. The van der Waals surface area contributed by atoms with Crippen molar-refractivity contribution < 1.29 is 23.7 Å². The maximum Gasteiger partial charge on any atom is 0.321 e. The highest BCUT2D eigenvalue weighted by molar-refractivity contribution is 5.90. The number of hydrogen-bond donors (Lipinski definition) is 1. The van der Waals surface area contributed by atoms with Crippen LogP contribution in [-0.2, 0) is 0 Å². The lowest BCUT2D eigenvalue weighted by Gasteiger charge is -2.35. The van der Waals surface area contributed by atoms with Gasteiger partial charge < -0.3 is 34.1 Å². The second kappa shape index (κ2) is 8.05. The summed E-state index contributed by atoms with van der Waals surface area (Å²) in [6.07, 6.45) is 0. The Hall–Kier alpha value is -4.21. The smallest absolute Gasteiger partial charge is 0.321 e. The third-order valence-corrected chi connectivity index (χ3v) is 5.83. The number of fused-ring (bicyclic) bond motifs is 2. The number of nitrogens with one attached hydrogen (secondary N) is 1. The monoisotopic (exact) mass is 447 g/mol. The third-order valence-electron chi connectivity index (χ3n) is 5.83. The van der Waals surface area contributed by atoms with E-state index >= 15 is 0 Å². The lowest BCUT2D eigenvalue weighted by atomic mass is 10.1. The summed E-state index contributed by atoms with van der Waals surface area (Å²) in [5.41, 5.74) is 2.36. The van der Waals surface area contributed by atoms with Gasteiger partial charge in [0, 0.05) is 43.5 Å². The summed E-state index contributed by atoms with van der Waals surface area (Å²) >= 11 is 0. The fraction of sp³-hybridized carbons (Fsp3) is 0.261. The molecule has 1 aromatic heterocycles. The van der Waals surface area contributed by atoms with Crippen LogP contribution in [0.1, 0.15) is 0 Å². The maximum absolute atomic E-state index is 12.7. The van der Waals surface area contributed by atoms with E-state index in [1.54, 1.807) is 23.1 Å². The largest absolute Gasteiger partial charge is 0.454 e. The molecule has 0 unspecified atom stereocenters. The van der Waals surface area contributed by atoms with E-state index in [1.165, 1.54) is 0 Å². The minimum absolute atomic E-state index is 0.141. The number of amides is 2. The van der Waals surface area contributed by atoms with E-state index in [9.17, 15) is 4.79 Å². The standard InChI is InChI=1S/C23H21N5O5/c29-23(24-16-2-5-19-21(12-16)33-14-31-19)28-9-7-27(8-10-28)22-6-3-17(25-26-22)15-1-4-18-20(11-15)32-13-30-18/h1-6,11-12H,7-10,13-14H2,(H,24,29). The van der Waals surface area contributed by atoms with Gasteiger partial charge in [-0.2, -0.15) is 0 Å². The molecule has 3 aliphatic heterocycles. The number of piperazine rings is 1. The molecule has 3 aliphatic rings. The first-order valence-electron chi connectivity index (χ1n) is 10.7. The van der Waals surface area contributed by atoms with Crippen molar-refractivity contribution in [3.63, 3.8) is 0 Å². The van der Waals surface area contributed by atoms with Gasteiger partial charge >= 0.3 is 6.03 Å². The molecule has 168 valence electrons. The van der Waals surface area contributed by atoms with Crippen molar-refractivity contribution in [1.82, 2.24) is 15.1 Å². The quantitative estimate of drug-likeness (QED) is 0.655. The Labute approximate surface area is 189 Å². The van der Waals surface area contributed by atoms with Crippen LogP contribution in [-0.4, -0.2) is 60.9 Å². The van der Waals surface area contributed by atoms with E-state index in [1.807, 2.05) is 30.3 Å². The summed E-state index contributed by atoms with van der Waals surface area (Å²) < 4.78 is 21.5. The molecule has 33 heavy (non-hydrogen) atoms. The number of anilines is 2. The van der Waals surface area contributed by atoms with E-state index in [0.717, 1.165) is 22.8 Å². The molecule has 0 bridgehead atoms. The van der Waals surface area contributed by atoms with Gasteiger partial charge in [-0.15, -0.1) is 10.2 Å². The SMILES string of the molecule is O=C(Nc1ccc2c(c1)OCO2)N1CCN(c2ccc(-c3ccc4c(c3)OCO4)nn2)CC1. The second-order valence-electron chi connectivity index (χ2n) is 7.82. The Bertz CT molecular complexity index is 1190. The van der Waals surface area contributed by atoms with E-state index in [0.29, 0.717) is 49.1 Å². The molecule has 3 aromatic rings. The lowest BCUT2D eigenvalue weighted by molar-refractivity contribution is 0.173. The molecule has 6 rings (SSSR count). The van der Waals surface area contributed by atoms with E-state index in [2.05, 4.69) is 20.4 Å². The van der Waals surface area contributed by atoms with Gasteiger partial charge in [0.1, 0.15) is 0 Å². The summed E-state index contributed by atoms with van der Waals surface area (Å²) in [7, 11) is 0.